The number of nitrogens with two attached hydrogens (primary N) is 1. The minimum Gasteiger partial charge on any atom is -0.493 e. The first-order valence-corrected chi connectivity index (χ1v) is 7.12. The summed E-state index contributed by atoms with van der Waals surface area (Å²) >= 11 is 0. The lowest BCUT2D eigenvalue weighted by Crippen LogP contribution is -1.98. The molecule has 0 unspecified atom stereocenters. The van der Waals surface area contributed by atoms with Gasteiger partial charge in [0.15, 0.2) is 17.3 Å². The lowest BCUT2D eigenvalue weighted by Gasteiger charge is -2.07. The zero-order chi connectivity index (χ0) is 15.1. The minimum atomic E-state index is 0.671. The number of methoxy groups -OCH3 is 2. The summed E-state index contributed by atoms with van der Waals surface area (Å²) in [6, 6.07) is 5.65. The van der Waals surface area contributed by atoms with E-state index in [-0.39, 0.29) is 0 Å². The van der Waals surface area contributed by atoms with Crippen molar-refractivity contribution in [3.05, 3.63) is 24.0 Å². The van der Waals surface area contributed by atoms with Crippen molar-refractivity contribution in [1.82, 2.24) is 15.2 Å². The molecule has 0 radical (unpaired) electrons. The van der Waals surface area contributed by atoms with Crippen molar-refractivity contribution >= 4 is 0 Å². The second kappa shape index (κ2) is 7.64. The van der Waals surface area contributed by atoms with Gasteiger partial charge in [0, 0.05) is 12.0 Å². The van der Waals surface area contributed by atoms with Crippen LogP contribution < -0.4 is 15.2 Å². The van der Waals surface area contributed by atoms with Crippen LogP contribution in [0.4, 0.5) is 0 Å². The fourth-order valence-corrected chi connectivity index (χ4v) is 2.13. The summed E-state index contributed by atoms with van der Waals surface area (Å²) in [6.45, 7) is 0.743. The Balaban J connectivity index is 2.06. The molecule has 6 nitrogen and oxygen atoms in total. The minimum absolute atomic E-state index is 0.671. The molecule has 0 aliphatic carbocycles. The Morgan fingerprint density at radius 3 is 2.62 bits per heavy atom. The van der Waals surface area contributed by atoms with Crippen LogP contribution in [0.15, 0.2) is 18.2 Å². The van der Waals surface area contributed by atoms with Crippen molar-refractivity contribution in [1.29, 1.82) is 0 Å². The molecule has 6 heteroatoms. The molecule has 0 saturated carbocycles. The molecule has 2 rings (SSSR count). The average Bonchev–Trinajstić information content (AvgIpc) is 2.99. The standard InChI is InChI=1S/C15H22N4O2/c1-20-12-8-7-11(10-13(12)21-2)15-17-14(18-19-15)6-4-3-5-9-16/h7-8,10H,3-6,9,16H2,1-2H3,(H,17,18,19). The fourth-order valence-electron chi connectivity index (χ4n) is 2.13. The van der Waals surface area contributed by atoms with Crippen LogP contribution in [0.3, 0.4) is 0 Å². The molecule has 21 heavy (non-hydrogen) atoms. The molecule has 1 aromatic heterocycles. The van der Waals surface area contributed by atoms with E-state index in [0.29, 0.717) is 17.3 Å². The molecule has 0 fully saturated rings. The van der Waals surface area contributed by atoms with Gasteiger partial charge in [-0.25, -0.2) is 4.98 Å². The maximum Gasteiger partial charge on any atom is 0.181 e. The van der Waals surface area contributed by atoms with Gasteiger partial charge in [-0.2, -0.15) is 5.10 Å². The predicted octanol–water partition coefficient (Wildman–Crippen LogP) is 2.16. The average molecular weight is 290 g/mol. The number of nitrogens with zero attached hydrogens (tertiary/aromatic N) is 2. The van der Waals surface area contributed by atoms with Crippen LogP contribution in [0, 0.1) is 0 Å². The van der Waals surface area contributed by atoms with Gasteiger partial charge in [-0.15, -0.1) is 0 Å². The largest absolute Gasteiger partial charge is 0.493 e. The van der Waals surface area contributed by atoms with Gasteiger partial charge < -0.3 is 15.2 Å². The zero-order valence-electron chi connectivity index (χ0n) is 12.6. The maximum atomic E-state index is 5.48. The van der Waals surface area contributed by atoms with E-state index in [2.05, 4.69) is 15.2 Å². The normalized spacial score (nSPS) is 10.6. The van der Waals surface area contributed by atoms with E-state index < -0.39 is 0 Å². The quantitative estimate of drug-likeness (QED) is 0.728. The number of rotatable bonds is 8. The van der Waals surface area contributed by atoms with Crippen LogP contribution in [0.1, 0.15) is 25.1 Å². The number of benzene rings is 1. The van der Waals surface area contributed by atoms with Crippen molar-refractivity contribution in [2.45, 2.75) is 25.7 Å². The van der Waals surface area contributed by atoms with Crippen LogP contribution in [0.5, 0.6) is 11.5 Å². The third-order valence-electron chi connectivity index (χ3n) is 3.29. The molecule has 0 bridgehead atoms. The monoisotopic (exact) mass is 290 g/mol. The summed E-state index contributed by atoms with van der Waals surface area (Å²) in [4.78, 5) is 4.51. The lowest BCUT2D eigenvalue weighted by atomic mass is 10.2. The number of aryl methyl sites for hydroxylation is 1. The van der Waals surface area contributed by atoms with Gasteiger partial charge in [0.1, 0.15) is 5.82 Å². The molecule has 1 heterocycles. The highest BCUT2D eigenvalue weighted by atomic mass is 16.5. The number of hydrogen-bond acceptors (Lipinski definition) is 5. The van der Waals surface area contributed by atoms with Gasteiger partial charge in [0.2, 0.25) is 0 Å². The highest BCUT2D eigenvalue weighted by molar-refractivity contribution is 5.60. The Hall–Kier alpha value is -2.08. The number of unbranched alkanes of at least 4 members (excludes halogenated alkanes) is 2. The third kappa shape index (κ3) is 3.95. The van der Waals surface area contributed by atoms with Crippen LogP contribution in [0.25, 0.3) is 11.4 Å². The SMILES string of the molecule is COc1ccc(-c2n[nH]c(CCCCCN)n2)cc1OC. The number of aromatic amines is 1. The molecule has 0 aliphatic rings. The smallest absolute Gasteiger partial charge is 0.181 e. The summed E-state index contributed by atoms with van der Waals surface area (Å²) < 4.78 is 10.5. The fraction of sp³-hybridized carbons (Fsp3) is 0.467. The van der Waals surface area contributed by atoms with Gasteiger partial charge in [-0.3, -0.25) is 5.10 Å². The first kappa shape index (κ1) is 15.3. The van der Waals surface area contributed by atoms with Crippen molar-refractivity contribution in [2.24, 2.45) is 5.73 Å². The van der Waals surface area contributed by atoms with Crippen molar-refractivity contribution < 1.29 is 9.47 Å². The topological polar surface area (TPSA) is 86.0 Å². The van der Waals surface area contributed by atoms with Crippen molar-refractivity contribution in [3.63, 3.8) is 0 Å². The second-order valence-electron chi connectivity index (χ2n) is 4.77. The van der Waals surface area contributed by atoms with Crippen LogP contribution >= 0.6 is 0 Å². The molecule has 0 saturated heterocycles. The zero-order valence-corrected chi connectivity index (χ0v) is 12.6. The number of ether oxygens (including phenoxy) is 2. The van der Waals surface area contributed by atoms with E-state index in [9.17, 15) is 0 Å². The second-order valence-corrected chi connectivity index (χ2v) is 4.77. The molecular weight excluding hydrogens is 268 g/mol. The van der Waals surface area contributed by atoms with E-state index in [1.807, 2.05) is 18.2 Å². The molecule has 0 spiro atoms. The van der Waals surface area contributed by atoms with Gasteiger partial charge in [-0.1, -0.05) is 6.42 Å². The molecule has 0 atom stereocenters. The maximum absolute atomic E-state index is 5.48. The lowest BCUT2D eigenvalue weighted by molar-refractivity contribution is 0.355. The van der Waals surface area contributed by atoms with Gasteiger partial charge in [0.05, 0.1) is 14.2 Å². The summed E-state index contributed by atoms with van der Waals surface area (Å²) in [7, 11) is 3.23. The van der Waals surface area contributed by atoms with Crippen molar-refractivity contribution in [3.8, 4) is 22.9 Å². The highest BCUT2D eigenvalue weighted by Gasteiger charge is 2.10. The molecule has 0 amide bonds. The van der Waals surface area contributed by atoms with E-state index in [4.69, 9.17) is 15.2 Å². The predicted molar refractivity (Wildman–Crippen MR) is 81.5 cm³/mol. The number of H-pyrrole nitrogens is 1. The molecule has 114 valence electrons. The Morgan fingerprint density at radius 1 is 1.10 bits per heavy atom. The van der Waals surface area contributed by atoms with Crippen LogP contribution in [-0.2, 0) is 6.42 Å². The molecule has 3 N–H and O–H groups in total. The van der Waals surface area contributed by atoms with Gasteiger partial charge >= 0.3 is 0 Å². The van der Waals surface area contributed by atoms with E-state index in [1.165, 1.54) is 0 Å². The van der Waals surface area contributed by atoms with Crippen LogP contribution in [0.2, 0.25) is 0 Å². The first-order valence-electron chi connectivity index (χ1n) is 7.12. The van der Waals surface area contributed by atoms with E-state index in [1.54, 1.807) is 14.2 Å². The summed E-state index contributed by atoms with van der Waals surface area (Å²) in [5, 5.41) is 7.24. The Morgan fingerprint density at radius 2 is 1.90 bits per heavy atom. The first-order chi connectivity index (χ1) is 10.3. The number of hydrogen-bond donors (Lipinski definition) is 2. The Kier molecular flexibility index (Phi) is 5.57. The van der Waals surface area contributed by atoms with E-state index in [0.717, 1.165) is 43.6 Å². The summed E-state index contributed by atoms with van der Waals surface area (Å²) in [5.41, 5.74) is 6.38. The molecule has 2 aromatic rings. The van der Waals surface area contributed by atoms with Gasteiger partial charge in [-0.05, 0) is 37.6 Å². The third-order valence-corrected chi connectivity index (χ3v) is 3.29. The molecular formula is C15H22N4O2. The molecule has 1 aromatic carbocycles. The summed E-state index contributed by atoms with van der Waals surface area (Å²) in [5.74, 6) is 2.93. The molecule has 0 aliphatic heterocycles. The Labute approximate surface area is 124 Å². The number of nitrogens with one attached hydrogen (secondary N) is 1. The number of aromatic nitrogens is 3. The van der Waals surface area contributed by atoms with Gasteiger partial charge in [0.25, 0.3) is 0 Å². The summed E-state index contributed by atoms with van der Waals surface area (Å²) in [6.07, 6.45) is 4.12. The highest BCUT2D eigenvalue weighted by Crippen LogP contribution is 2.30. The van der Waals surface area contributed by atoms with Crippen LogP contribution in [-0.4, -0.2) is 35.9 Å². The van der Waals surface area contributed by atoms with E-state index >= 15 is 0 Å². The van der Waals surface area contributed by atoms with Crippen molar-refractivity contribution in [2.75, 3.05) is 20.8 Å². The Bertz CT molecular complexity index is 569.